The molecule has 0 fully saturated rings. The van der Waals surface area contributed by atoms with Gasteiger partial charge in [0.1, 0.15) is 11.5 Å². The van der Waals surface area contributed by atoms with Crippen LogP contribution in [0.15, 0.2) is 9.59 Å². The number of carbonyl (C=O) groups excluding carboxylic acids is 1. The maximum atomic E-state index is 11.7. The molecule has 1 aromatic heterocycles. The molecular weight excluding hydrogens is 278 g/mol. The SMILES string of the molecule is COCCn1c(N)c(NCC(=O)NC(C)C)c(=O)[nH]c1=O. The molecule has 21 heavy (non-hydrogen) atoms. The summed E-state index contributed by atoms with van der Waals surface area (Å²) in [7, 11) is 1.49. The third-order valence-electron chi connectivity index (χ3n) is 2.63. The predicted molar refractivity (Wildman–Crippen MR) is 79.4 cm³/mol. The van der Waals surface area contributed by atoms with Crippen LogP contribution in [0, 0.1) is 0 Å². The van der Waals surface area contributed by atoms with Crippen LogP contribution in [-0.2, 0) is 16.1 Å². The topological polar surface area (TPSA) is 131 Å². The molecule has 0 aromatic carbocycles. The van der Waals surface area contributed by atoms with Crippen LogP contribution in [-0.4, -0.2) is 41.8 Å². The number of anilines is 2. The van der Waals surface area contributed by atoms with Gasteiger partial charge in [0.15, 0.2) is 0 Å². The number of hydrogen-bond donors (Lipinski definition) is 4. The third kappa shape index (κ3) is 4.63. The number of nitrogens with one attached hydrogen (secondary N) is 3. The molecule has 0 bridgehead atoms. The second-order valence-electron chi connectivity index (χ2n) is 4.74. The van der Waals surface area contributed by atoms with E-state index in [2.05, 4.69) is 15.6 Å². The Labute approximate surface area is 121 Å². The van der Waals surface area contributed by atoms with Crippen LogP contribution in [0.5, 0.6) is 0 Å². The minimum absolute atomic E-state index is 0.00871. The van der Waals surface area contributed by atoms with E-state index in [1.165, 1.54) is 11.7 Å². The summed E-state index contributed by atoms with van der Waals surface area (Å²) in [4.78, 5) is 37.1. The summed E-state index contributed by atoms with van der Waals surface area (Å²) in [5.74, 6) is -0.309. The molecule has 0 aliphatic carbocycles. The maximum absolute atomic E-state index is 11.7. The molecule has 0 aliphatic heterocycles. The maximum Gasteiger partial charge on any atom is 0.330 e. The van der Waals surface area contributed by atoms with Gasteiger partial charge in [-0.05, 0) is 13.8 Å². The summed E-state index contributed by atoms with van der Waals surface area (Å²) in [5.41, 5.74) is 4.51. The van der Waals surface area contributed by atoms with E-state index >= 15 is 0 Å². The average Bonchev–Trinajstić information content (AvgIpc) is 2.37. The van der Waals surface area contributed by atoms with Crippen molar-refractivity contribution < 1.29 is 9.53 Å². The van der Waals surface area contributed by atoms with Gasteiger partial charge < -0.3 is 21.1 Å². The van der Waals surface area contributed by atoms with Gasteiger partial charge in [-0.25, -0.2) is 4.79 Å². The van der Waals surface area contributed by atoms with E-state index in [4.69, 9.17) is 10.5 Å². The highest BCUT2D eigenvalue weighted by atomic mass is 16.5. The number of nitrogens with two attached hydrogens (primary N) is 1. The number of aromatic nitrogens is 2. The molecule has 1 heterocycles. The zero-order chi connectivity index (χ0) is 16.0. The summed E-state index contributed by atoms with van der Waals surface area (Å²) in [5, 5.41) is 5.32. The van der Waals surface area contributed by atoms with Crippen molar-refractivity contribution in [3.63, 3.8) is 0 Å². The highest BCUT2D eigenvalue weighted by Crippen LogP contribution is 2.09. The van der Waals surface area contributed by atoms with Crippen LogP contribution in [0.1, 0.15) is 13.8 Å². The second-order valence-corrected chi connectivity index (χ2v) is 4.74. The number of nitrogens with zero attached hydrogens (tertiary/aromatic N) is 1. The number of amides is 1. The molecule has 5 N–H and O–H groups in total. The summed E-state index contributed by atoms with van der Waals surface area (Å²) >= 11 is 0. The van der Waals surface area contributed by atoms with Crippen LogP contribution in [0.2, 0.25) is 0 Å². The Morgan fingerprint density at radius 1 is 1.43 bits per heavy atom. The number of carbonyl (C=O) groups is 1. The fraction of sp³-hybridized carbons (Fsp3) is 0.583. The van der Waals surface area contributed by atoms with Gasteiger partial charge in [-0.2, -0.15) is 0 Å². The van der Waals surface area contributed by atoms with Crippen LogP contribution in [0.25, 0.3) is 0 Å². The molecule has 0 aliphatic rings. The summed E-state index contributed by atoms with van der Waals surface area (Å²) < 4.78 is 6.05. The van der Waals surface area contributed by atoms with Crippen molar-refractivity contribution in [1.82, 2.24) is 14.9 Å². The second kappa shape index (κ2) is 7.48. The highest BCUT2D eigenvalue weighted by molar-refractivity contribution is 5.81. The lowest BCUT2D eigenvalue weighted by Gasteiger charge is -2.14. The number of H-pyrrole nitrogens is 1. The number of hydrogen-bond acceptors (Lipinski definition) is 6. The zero-order valence-corrected chi connectivity index (χ0v) is 12.4. The first-order chi connectivity index (χ1) is 9.86. The third-order valence-corrected chi connectivity index (χ3v) is 2.63. The molecule has 0 spiro atoms. The Morgan fingerprint density at radius 2 is 2.10 bits per heavy atom. The number of nitrogen functional groups attached to an aromatic ring is 1. The first kappa shape index (κ1) is 16.8. The molecule has 118 valence electrons. The minimum Gasteiger partial charge on any atom is -0.383 e. The molecule has 1 amide bonds. The van der Waals surface area contributed by atoms with Gasteiger partial charge in [-0.15, -0.1) is 0 Å². The molecule has 0 saturated carbocycles. The molecule has 0 unspecified atom stereocenters. The van der Waals surface area contributed by atoms with E-state index in [-0.39, 0.29) is 43.2 Å². The van der Waals surface area contributed by atoms with Crippen molar-refractivity contribution in [3.8, 4) is 0 Å². The average molecular weight is 299 g/mol. The Kier molecular flexibility index (Phi) is 5.97. The molecule has 0 atom stereocenters. The van der Waals surface area contributed by atoms with E-state index < -0.39 is 11.2 Å². The van der Waals surface area contributed by atoms with Crippen LogP contribution in [0.3, 0.4) is 0 Å². The van der Waals surface area contributed by atoms with Crippen LogP contribution < -0.4 is 27.6 Å². The summed E-state index contributed by atoms with van der Waals surface area (Å²) in [6.45, 7) is 4.00. The first-order valence-electron chi connectivity index (χ1n) is 6.51. The molecule has 1 rings (SSSR count). The fourth-order valence-electron chi connectivity index (χ4n) is 1.70. The van der Waals surface area contributed by atoms with Crippen molar-refractivity contribution in [2.75, 3.05) is 31.3 Å². The molecule has 0 radical (unpaired) electrons. The van der Waals surface area contributed by atoms with Crippen LogP contribution in [0.4, 0.5) is 11.5 Å². The van der Waals surface area contributed by atoms with Crippen molar-refractivity contribution >= 4 is 17.4 Å². The van der Waals surface area contributed by atoms with Crippen molar-refractivity contribution in [2.24, 2.45) is 0 Å². The molecule has 9 nitrogen and oxygen atoms in total. The van der Waals surface area contributed by atoms with Gasteiger partial charge in [0.25, 0.3) is 5.56 Å². The lowest BCUT2D eigenvalue weighted by atomic mass is 10.3. The van der Waals surface area contributed by atoms with E-state index in [1.807, 2.05) is 13.8 Å². The largest absolute Gasteiger partial charge is 0.383 e. The molecular formula is C12H21N5O4. The van der Waals surface area contributed by atoms with E-state index in [1.54, 1.807) is 0 Å². The van der Waals surface area contributed by atoms with E-state index in [9.17, 15) is 14.4 Å². The minimum atomic E-state index is -0.663. The predicted octanol–water partition coefficient (Wildman–Crippen LogP) is -1.30. The van der Waals surface area contributed by atoms with Crippen molar-refractivity contribution in [3.05, 3.63) is 20.8 Å². The Morgan fingerprint density at radius 3 is 2.67 bits per heavy atom. The molecule has 9 heteroatoms. The normalized spacial score (nSPS) is 10.7. The van der Waals surface area contributed by atoms with Crippen molar-refractivity contribution in [1.29, 1.82) is 0 Å². The number of rotatable bonds is 7. The monoisotopic (exact) mass is 299 g/mol. The van der Waals surface area contributed by atoms with Gasteiger partial charge in [0.05, 0.1) is 19.7 Å². The van der Waals surface area contributed by atoms with Gasteiger partial charge in [-0.3, -0.25) is 19.1 Å². The molecule has 1 aromatic rings. The number of aromatic amines is 1. The lowest BCUT2D eigenvalue weighted by molar-refractivity contribution is -0.119. The highest BCUT2D eigenvalue weighted by Gasteiger charge is 2.13. The zero-order valence-electron chi connectivity index (χ0n) is 12.4. The Bertz CT molecular complexity index is 605. The van der Waals surface area contributed by atoms with Gasteiger partial charge in [0.2, 0.25) is 5.91 Å². The fourth-order valence-corrected chi connectivity index (χ4v) is 1.70. The van der Waals surface area contributed by atoms with E-state index in [0.29, 0.717) is 0 Å². The van der Waals surface area contributed by atoms with E-state index in [0.717, 1.165) is 0 Å². The quantitative estimate of drug-likeness (QED) is 0.495. The Hall–Kier alpha value is -2.29. The smallest absolute Gasteiger partial charge is 0.330 e. The summed E-state index contributed by atoms with van der Waals surface area (Å²) in [6, 6.07) is -0.00871. The summed E-state index contributed by atoms with van der Waals surface area (Å²) in [6.07, 6.45) is 0. The first-order valence-corrected chi connectivity index (χ1v) is 6.51. The van der Waals surface area contributed by atoms with Gasteiger partial charge in [-0.1, -0.05) is 0 Å². The lowest BCUT2D eigenvalue weighted by Crippen LogP contribution is -2.38. The number of ether oxygens (including phenoxy) is 1. The standard InChI is InChI=1S/C12H21N5O4/c1-7(2)15-8(18)6-14-9-10(13)17(4-5-21-3)12(20)16-11(9)19/h7,14H,4-6,13H2,1-3H3,(H,15,18)(H,16,19,20). The molecule has 0 saturated heterocycles. The van der Waals surface area contributed by atoms with Gasteiger partial charge >= 0.3 is 5.69 Å². The Balaban J connectivity index is 2.94. The van der Waals surface area contributed by atoms with Gasteiger partial charge in [0, 0.05) is 13.2 Å². The number of methoxy groups -OCH3 is 1. The van der Waals surface area contributed by atoms with Crippen LogP contribution >= 0.6 is 0 Å². The van der Waals surface area contributed by atoms with Crippen molar-refractivity contribution in [2.45, 2.75) is 26.4 Å².